The molecule has 0 aliphatic heterocycles. The zero-order valence-electron chi connectivity index (χ0n) is 12.9. The Balaban J connectivity index is 1.68. The van der Waals surface area contributed by atoms with Gasteiger partial charge in [0.25, 0.3) is 0 Å². The van der Waals surface area contributed by atoms with Crippen LogP contribution in [0, 0.1) is 5.82 Å². The van der Waals surface area contributed by atoms with Gasteiger partial charge in [0.15, 0.2) is 10.9 Å². The summed E-state index contributed by atoms with van der Waals surface area (Å²) in [6, 6.07) is 5.45. The molecule has 0 spiro atoms. The molecule has 0 unspecified atom stereocenters. The molecule has 1 aliphatic rings. The Bertz CT molecular complexity index is 756. The summed E-state index contributed by atoms with van der Waals surface area (Å²) in [4.78, 5) is 23.2. The second-order valence-corrected chi connectivity index (χ2v) is 6.64. The molecular formula is C16H17FN4O2S. The summed E-state index contributed by atoms with van der Waals surface area (Å²) >= 11 is 1.27. The third-order valence-corrected chi connectivity index (χ3v) is 4.74. The highest BCUT2D eigenvalue weighted by Gasteiger charge is 2.30. The van der Waals surface area contributed by atoms with Crippen molar-refractivity contribution >= 4 is 23.5 Å². The summed E-state index contributed by atoms with van der Waals surface area (Å²) in [6.45, 7) is 0.418. The summed E-state index contributed by atoms with van der Waals surface area (Å²) in [5.74, 6) is 0.534. The van der Waals surface area contributed by atoms with Crippen LogP contribution in [0.2, 0.25) is 0 Å². The second-order valence-electron chi connectivity index (χ2n) is 5.70. The molecule has 126 valence electrons. The molecule has 0 bridgehead atoms. The Morgan fingerprint density at radius 3 is 2.58 bits per heavy atom. The van der Waals surface area contributed by atoms with E-state index in [1.54, 1.807) is 0 Å². The highest BCUT2D eigenvalue weighted by molar-refractivity contribution is 7.99. The number of benzene rings is 1. The average molecular weight is 348 g/mol. The maximum atomic E-state index is 12.9. The van der Waals surface area contributed by atoms with Crippen molar-refractivity contribution < 1.29 is 14.0 Å². The normalized spacial score (nSPS) is 13.9. The van der Waals surface area contributed by atoms with Gasteiger partial charge in [0.1, 0.15) is 11.6 Å². The second kappa shape index (κ2) is 7.12. The van der Waals surface area contributed by atoms with Crippen molar-refractivity contribution in [3.05, 3.63) is 41.5 Å². The van der Waals surface area contributed by atoms with Crippen molar-refractivity contribution in [2.24, 2.45) is 5.73 Å². The van der Waals surface area contributed by atoms with Crippen LogP contribution in [0.4, 0.5) is 4.39 Å². The minimum absolute atomic E-state index is 0.113. The first kappa shape index (κ1) is 16.6. The van der Waals surface area contributed by atoms with Crippen LogP contribution in [0.1, 0.15) is 41.4 Å². The molecule has 3 rings (SSSR count). The smallest absolute Gasteiger partial charge is 0.219 e. The third-order valence-electron chi connectivity index (χ3n) is 3.77. The van der Waals surface area contributed by atoms with E-state index in [2.05, 4.69) is 10.2 Å². The molecule has 1 aromatic heterocycles. The lowest BCUT2D eigenvalue weighted by Gasteiger charge is -2.08. The largest absolute Gasteiger partial charge is 0.370 e. The zero-order valence-corrected chi connectivity index (χ0v) is 13.8. The Labute approximate surface area is 142 Å². The predicted molar refractivity (Wildman–Crippen MR) is 87.3 cm³/mol. The molecule has 1 aromatic carbocycles. The lowest BCUT2D eigenvalue weighted by atomic mass is 10.1. The summed E-state index contributed by atoms with van der Waals surface area (Å²) < 4.78 is 14.8. The van der Waals surface area contributed by atoms with E-state index in [0.717, 1.165) is 18.7 Å². The Kier molecular flexibility index (Phi) is 4.94. The van der Waals surface area contributed by atoms with Crippen molar-refractivity contribution in [2.75, 3.05) is 5.75 Å². The maximum absolute atomic E-state index is 12.9. The van der Waals surface area contributed by atoms with Crippen LogP contribution in [0.3, 0.4) is 0 Å². The number of nitrogens with zero attached hydrogens (tertiary/aromatic N) is 3. The van der Waals surface area contributed by atoms with E-state index >= 15 is 0 Å². The molecule has 1 heterocycles. The van der Waals surface area contributed by atoms with E-state index in [1.807, 2.05) is 4.57 Å². The van der Waals surface area contributed by atoms with Crippen LogP contribution < -0.4 is 5.73 Å². The molecule has 0 saturated heterocycles. The van der Waals surface area contributed by atoms with E-state index in [0.29, 0.717) is 23.2 Å². The van der Waals surface area contributed by atoms with Gasteiger partial charge in [0.05, 0.1) is 5.75 Å². The Morgan fingerprint density at radius 2 is 1.96 bits per heavy atom. The van der Waals surface area contributed by atoms with Crippen LogP contribution >= 0.6 is 11.8 Å². The van der Waals surface area contributed by atoms with E-state index in [9.17, 15) is 14.0 Å². The van der Waals surface area contributed by atoms with Crippen molar-refractivity contribution in [3.8, 4) is 0 Å². The third kappa shape index (κ3) is 4.00. The molecule has 1 saturated carbocycles. The maximum Gasteiger partial charge on any atom is 0.219 e. The molecular weight excluding hydrogens is 331 g/mol. The standard InChI is InChI=1S/C16H17FN4O2S/c17-12-5-3-10(4-6-12)13(22)9-24-16-20-19-15(11-1-2-11)21(16)8-7-14(18)23/h3-6,11H,1-2,7-9H2,(H2,18,23). The van der Waals surface area contributed by atoms with Gasteiger partial charge >= 0.3 is 0 Å². The van der Waals surface area contributed by atoms with E-state index in [4.69, 9.17) is 5.73 Å². The van der Waals surface area contributed by atoms with Gasteiger partial charge in [-0.05, 0) is 37.1 Å². The van der Waals surface area contributed by atoms with Gasteiger partial charge in [0, 0.05) is 24.4 Å². The molecule has 0 atom stereocenters. The number of hydrogen-bond donors (Lipinski definition) is 1. The van der Waals surface area contributed by atoms with Gasteiger partial charge in [0.2, 0.25) is 5.91 Å². The van der Waals surface area contributed by atoms with Crippen LogP contribution in [-0.2, 0) is 11.3 Å². The fourth-order valence-electron chi connectivity index (χ4n) is 2.33. The van der Waals surface area contributed by atoms with Crippen LogP contribution in [0.25, 0.3) is 0 Å². The fourth-order valence-corrected chi connectivity index (χ4v) is 3.20. The molecule has 0 radical (unpaired) electrons. The van der Waals surface area contributed by atoms with E-state index in [1.165, 1.54) is 36.0 Å². The summed E-state index contributed by atoms with van der Waals surface area (Å²) in [6.07, 6.45) is 2.33. The van der Waals surface area contributed by atoms with Crippen molar-refractivity contribution in [3.63, 3.8) is 0 Å². The number of thioether (sulfide) groups is 1. The summed E-state index contributed by atoms with van der Waals surface area (Å²) in [5.41, 5.74) is 5.68. The highest BCUT2D eigenvalue weighted by atomic mass is 32.2. The first-order chi connectivity index (χ1) is 11.5. The molecule has 1 amide bonds. The summed E-state index contributed by atoms with van der Waals surface area (Å²) in [5, 5.41) is 8.95. The van der Waals surface area contributed by atoms with Crippen LogP contribution in [0.5, 0.6) is 0 Å². The lowest BCUT2D eigenvalue weighted by Crippen LogP contribution is -2.16. The number of rotatable bonds is 8. The first-order valence-electron chi connectivity index (χ1n) is 7.67. The van der Waals surface area contributed by atoms with Crippen molar-refractivity contribution in [1.82, 2.24) is 14.8 Å². The van der Waals surface area contributed by atoms with Crippen LogP contribution in [0.15, 0.2) is 29.4 Å². The van der Waals surface area contributed by atoms with Gasteiger partial charge in [-0.1, -0.05) is 11.8 Å². The quantitative estimate of drug-likeness (QED) is 0.583. The van der Waals surface area contributed by atoms with Crippen molar-refractivity contribution in [1.29, 1.82) is 0 Å². The lowest BCUT2D eigenvalue weighted by molar-refractivity contribution is -0.118. The number of aromatic nitrogens is 3. The fraction of sp³-hybridized carbons (Fsp3) is 0.375. The topological polar surface area (TPSA) is 90.9 Å². The van der Waals surface area contributed by atoms with Gasteiger partial charge in [-0.25, -0.2) is 4.39 Å². The number of nitrogens with two attached hydrogens (primary N) is 1. The van der Waals surface area contributed by atoms with Crippen molar-refractivity contribution in [2.45, 2.75) is 36.9 Å². The number of amides is 1. The van der Waals surface area contributed by atoms with Gasteiger partial charge in [-0.3, -0.25) is 9.59 Å². The zero-order chi connectivity index (χ0) is 17.1. The number of carbonyl (C=O) groups excluding carboxylic acids is 2. The number of primary amides is 1. The van der Waals surface area contributed by atoms with Gasteiger partial charge < -0.3 is 10.3 Å². The molecule has 24 heavy (non-hydrogen) atoms. The molecule has 2 N–H and O–H groups in total. The van der Waals surface area contributed by atoms with E-state index in [-0.39, 0.29) is 29.7 Å². The number of halogens is 1. The van der Waals surface area contributed by atoms with E-state index < -0.39 is 0 Å². The number of ketones is 1. The Hall–Kier alpha value is -2.22. The molecule has 8 heteroatoms. The predicted octanol–water partition coefficient (Wildman–Crippen LogP) is 2.14. The Morgan fingerprint density at radius 1 is 1.25 bits per heavy atom. The van der Waals surface area contributed by atoms with Gasteiger partial charge in [-0.2, -0.15) is 0 Å². The minimum atomic E-state index is -0.385. The number of carbonyl (C=O) groups is 2. The minimum Gasteiger partial charge on any atom is -0.370 e. The molecule has 6 nitrogen and oxygen atoms in total. The number of hydrogen-bond acceptors (Lipinski definition) is 5. The molecule has 1 aliphatic carbocycles. The number of Topliss-reactive ketones (excluding diaryl/α,β-unsaturated/α-hetero) is 1. The summed E-state index contributed by atoms with van der Waals surface area (Å²) in [7, 11) is 0. The van der Waals surface area contributed by atoms with Gasteiger partial charge in [-0.15, -0.1) is 10.2 Å². The average Bonchev–Trinajstić information content (AvgIpc) is 3.32. The molecule has 2 aromatic rings. The highest BCUT2D eigenvalue weighted by Crippen LogP contribution is 2.40. The van der Waals surface area contributed by atoms with Crippen LogP contribution in [-0.4, -0.2) is 32.2 Å². The molecule has 1 fully saturated rings. The first-order valence-corrected chi connectivity index (χ1v) is 8.66. The monoisotopic (exact) mass is 348 g/mol. The SMILES string of the molecule is NC(=O)CCn1c(SCC(=O)c2ccc(F)cc2)nnc1C1CC1.